The second-order valence-corrected chi connectivity index (χ2v) is 6.39. The maximum atomic E-state index is 12.1. The quantitative estimate of drug-likeness (QED) is 0.366. The van der Waals surface area contributed by atoms with Crippen molar-refractivity contribution in [3.05, 3.63) is 48.5 Å². The zero-order valence-electron chi connectivity index (χ0n) is 14.1. The number of halogens is 1. The predicted octanol–water partition coefficient (Wildman–Crippen LogP) is 2.86. The topological polar surface area (TPSA) is 85.9 Å². The summed E-state index contributed by atoms with van der Waals surface area (Å²) in [6.45, 7) is 0.354. The van der Waals surface area contributed by atoms with E-state index in [1.165, 1.54) is 0 Å². The maximum absolute atomic E-state index is 12.1. The highest BCUT2D eigenvalue weighted by atomic mass is 127. The molecule has 136 valence electrons. The van der Waals surface area contributed by atoms with Crippen LogP contribution in [0.2, 0.25) is 0 Å². The zero-order valence-corrected chi connectivity index (χ0v) is 17.2. The molecule has 0 aromatic heterocycles. The van der Waals surface area contributed by atoms with Crippen LogP contribution in [-0.2, 0) is 10.8 Å². The average Bonchev–Trinajstić information content (AvgIpc) is 2.62. The first-order valence-electron chi connectivity index (χ1n) is 7.36. The van der Waals surface area contributed by atoms with Crippen molar-refractivity contribution < 1.29 is 13.7 Å². The Morgan fingerprint density at radius 3 is 2.52 bits per heavy atom. The number of nitrogens with zero attached hydrogens (tertiary/aromatic N) is 1. The van der Waals surface area contributed by atoms with E-state index in [0.29, 0.717) is 29.5 Å². The molecule has 2 rings (SSSR count). The molecule has 0 aliphatic carbocycles. The number of guanidine groups is 1. The van der Waals surface area contributed by atoms with Crippen molar-refractivity contribution in [1.82, 2.24) is 0 Å². The van der Waals surface area contributed by atoms with E-state index in [-0.39, 0.29) is 29.9 Å². The van der Waals surface area contributed by atoms with Crippen LogP contribution >= 0.6 is 24.0 Å². The Morgan fingerprint density at radius 2 is 1.88 bits per heavy atom. The predicted molar refractivity (Wildman–Crippen MR) is 113 cm³/mol. The number of hydrogen-bond acceptors (Lipinski definition) is 4. The van der Waals surface area contributed by atoms with Gasteiger partial charge in [-0.1, -0.05) is 18.2 Å². The van der Waals surface area contributed by atoms with Gasteiger partial charge in [0.15, 0.2) is 5.96 Å². The van der Waals surface area contributed by atoms with Crippen LogP contribution in [0, 0.1) is 0 Å². The van der Waals surface area contributed by atoms with E-state index < -0.39 is 10.8 Å². The van der Waals surface area contributed by atoms with Crippen molar-refractivity contribution in [2.45, 2.75) is 4.90 Å². The molecular weight excluding hydrogens is 453 g/mol. The van der Waals surface area contributed by atoms with E-state index in [9.17, 15) is 4.21 Å². The third-order valence-corrected chi connectivity index (χ3v) is 4.59. The van der Waals surface area contributed by atoms with Crippen molar-refractivity contribution in [2.24, 2.45) is 10.7 Å². The lowest BCUT2D eigenvalue weighted by atomic mass is 10.2. The fourth-order valence-corrected chi connectivity index (χ4v) is 2.98. The summed E-state index contributed by atoms with van der Waals surface area (Å²) in [5, 5.41) is 2.97. The van der Waals surface area contributed by atoms with Gasteiger partial charge in [0.25, 0.3) is 0 Å². The van der Waals surface area contributed by atoms with Gasteiger partial charge in [-0.25, -0.2) is 0 Å². The molecule has 6 nitrogen and oxygen atoms in total. The van der Waals surface area contributed by atoms with E-state index in [1.54, 1.807) is 32.4 Å². The summed E-state index contributed by atoms with van der Waals surface area (Å²) >= 11 is 0. The van der Waals surface area contributed by atoms with Crippen LogP contribution in [-0.4, -0.2) is 36.7 Å². The third kappa shape index (κ3) is 6.54. The standard InChI is InChI=1S/C17H21N3O3S.HI/c1-22-13-8-9-16(23-2)15(12-13)20-17(18)19-10-11-24(21)14-6-4-3-5-7-14;/h3-9,12H,10-11H2,1-2H3,(H3,18,19,20);1H. The van der Waals surface area contributed by atoms with E-state index >= 15 is 0 Å². The normalized spacial score (nSPS) is 12.0. The Labute approximate surface area is 167 Å². The smallest absolute Gasteiger partial charge is 0.193 e. The molecule has 1 atom stereocenters. The Kier molecular flexibility index (Phi) is 9.28. The van der Waals surface area contributed by atoms with Crippen LogP contribution < -0.4 is 20.5 Å². The van der Waals surface area contributed by atoms with Gasteiger partial charge in [0.2, 0.25) is 0 Å². The second kappa shape index (κ2) is 10.9. The van der Waals surface area contributed by atoms with E-state index in [1.807, 2.05) is 30.3 Å². The van der Waals surface area contributed by atoms with Crippen molar-refractivity contribution >= 4 is 46.4 Å². The second-order valence-electron chi connectivity index (χ2n) is 4.82. The zero-order chi connectivity index (χ0) is 17.4. The van der Waals surface area contributed by atoms with Crippen LogP contribution in [0.5, 0.6) is 11.5 Å². The van der Waals surface area contributed by atoms with Gasteiger partial charge in [0, 0.05) is 16.7 Å². The first-order valence-corrected chi connectivity index (χ1v) is 8.68. The third-order valence-electron chi connectivity index (χ3n) is 3.23. The van der Waals surface area contributed by atoms with E-state index in [2.05, 4.69) is 10.3 Å². The fourth-order valence-electron chi connectivity index (χ4n) is 2.03. The fraction of sp³-hybridized carbons (Fsp3) is 0.235. The highest BCUT2D eigenvalue weighted by Gasteiger charge is 2.06. The van der Waals surface area contributed by atoms with E-state index in [4.69, 9.17) is 15.2 Å². The highest BCUT2D eigenvalue weighted by molar-refractivity contribution is 14.0. The Balaban J connectivity index is 0.00000312. The summed E-state index contributed by atoms with van der Waals surface area (Å²) in [4.78, 5) is 5.00. The first-order chi connectivity index (χ1) is 11.6. The molecular formula is C17H22IN3O3S. The number of nitrogens with two attached hydrogens (primary N) is 1. The van der Waals surface area contributed by atoms with Crippen LogP contribution in [0.4, 0.5) is 5.69 Å². The molecule has 8 heteroatoms. The summed E-state index contributed by atoms with van der Waals surface area (Å²) in [6, 6.07) is 14.6. The van der Waals surface area contributed by atoms with Gasteiger partial charge >= 0.3 is 0 Å². The van der Waals surface area contributed by atoms with Crippen molar-refractivity contribution in [3.8, 4) is 11.5 Å². The minimum Gasteiger partial charge on any atom is -0.497 e. The molecule has 0 saturated heterocycles. The number of methoxy groups -OCH3 is 2. The summed E-state index contributed by atoms with van der Waals surface area (Å²) in [5.41, 5.74) is 6.54. The van der Waals surface area contributed by atoms with Gasteiger partial charge in [-0.2, -0.15) is 0 Å². The summed E-state index contributed by atoms with van der Waals surface area (Å²) in [6.07, 6.45) is 0. The van der Waals surface area contributed by atoms with Crippen molar-refractivity contribution in [2.75, 3.05) is 31.8 Å². The largest absolute Gasteiger partial charge is 0.497 e. The molecule has 0 heterocycles. The molecule has 0 fully saturated rings. The highest BCUT2D eigenvalue weighted by Crippen LogP contribution is 2.28. The van der Waals surface area contributed by atoms with Crippen LogP contribution in [0.25, 0.3) is 0 Å². The summed E-state index contributed by atoms with van der Waals surface area (Å²) < 4.78 is 22.6. The molecule has 2 aromatic rings. The first kappa shape index (κ1) is 21.2. The number of rotatable bonds is 7. The average molecular weight is 475 g/mol. The Bertz CT molecular complexity index is 726. The molecule has 0 radical (unpaired) electrons. The molecule has 0 bridgehead atoms. The number of aliphatic imine (C=N–C) groups is 1. The molecule has 1 unspecified atom stereocenters. The van der Waals surface area contributed by atoms with Gasteiger partial charge < -0.3 is 20.5 Å². The van der Waals surface area contributed by atoms with Crippen LogP contribution in [0.1, 0.15) is 0 Å². The van der Waals surface area contributed by atoms with Gasteiger partial charge in [0.05, 0.1) is 37.3 Å². The van der Waals surface area contributed by atoms with Gasteiger partial charge in [0.1, 0.15) is 11.5 Å². The lowest BCUT2D eigenvalue weighted by Gasteiger charge is -2.12. The number of hydrogen-bond donors (Lipinski definition) is 2. The number of nitrogens with one attached hydrogen (secondary N) is 1. The van der Waals surface area contributed by atoms with Crippen molar-refractivity contribution in [3.63, 3.8) is 0 Å². The molecule has 0 spiro atoms. The summed E-state index contributed by atoms with van der Waals surface area (Å²) in [5.74, 6) is 1.94. The minimum absolute atomic E-state index is 0. The molecule has 3 N–H and O–H groups in total. The van der Waals surface area contributed by atoms with Gasteiger partial charge in [-0.05, 0) is 24.3 Å². The monoisotopic (exact) mass is 475 g/mol. The summed E-state index contributed by atoms with van der Waals surface area (Å²) in [7, 11) is 2.07. The lowest BCUT2D eigenvalue weighted by molar-refractivity contribution is 0.405. The number of anilines is 1. The Morgan fingerprint density at radius 1 is 1.16 bits per heavy atom. The number of benzene rings is 2. The minimum atomic E-state index is -1.09. The van der Waals surface area contributed by atoms with E-state index in [0.717, 1.165) is 4.90 Å². The molecule has 0 amide bonds. The van der Waals surface area contributed by atoms with Gasteiger partial charge in [-0.15, -0.1) is 24.0 Å². The Hall–Kier alpha value is -1.81. The molecule has 25 heavy (non-hydrogen) atoms. The van der Waals surface area contributed by atoms with Crippen molar-refractivity contribution in [1.29, 1.82) is 0 Å². The molecule has 2 aromatic carbocycles. The van der Waals surface area contributed by atoms with Crippen LogP contribution in [0.3, 0.4) is 0 Å². The number of ether oxygens (including phenoxy) is 2. The van der Waals surface area contributed by atoms with Crippen LogP contribution in [0.15, 0.2) is 58.4 Å². The lowest BCUT2D eigenvalue weighted by Crippen LogP contribution is -2.23. The maximum Gasteiger partial charge on any atom is 0.193 e. The molecule has 0 aliphatic rings. The van der Waals surface area contributed by atoms with Gasteiger partial charge in [-0.3, -0.25) is 9.20 Å². The SMILES string of the molecule is COc1ccc(OC)c(NC(N)=NCCS(=O)c2ccccc2)c1.I. The molecule has 0 aliphatic heterocycles. The molecule has 0 saturated carbocycles.